The third-order valence-electron chi connectivity index (χ3n) is 4.21. The molecule has 28 heavy (non-hydrogen) atoms. The molecule has 0 saturated carbocycles. The number of hydrogen-bond donors (Lipinski definition) is 0. The number of esters is 1. The summed E-state index contributed by atoms with van der Waals surface area (Å²) in [6, 6.07) is 5.56. The van der Waals surface area contributed by atoms with Gasteiger partial charge in [-0.1, -0.05) is 11.8 Å². The van der Waals surface area contributed by atoms with Crippen molar-refractivity contribution in [3.05, 3.63) is 39.9 Å². The number of benzene rings is 1. The van der Waals surface area contributed by atoms with Gasteiger partial charge < -0.3 is 14.4 Å². The predicted molar refractivity (Wildman–Crippen MR) is 102 cm³/mol. The molecule has 1 aromatic carbocycles. The fourth-order valence-corrected chi connectivity index (χ4v) is 3.99. The van der Waals surface area contributed by atoms with Crippen LogP contribution < -0.4 is 0 Å². The number of ether oxygens (including phenoxy) is 2. The Morgan fingerprint density at radius 1 is 1.21 bits per heavy atom. The number of hydrogen-bond acceptors (Lipinski definition) is 8. The molecular formula is C18H22N2O7S. The second kappa shape index (κ2) is 10.1. The Kier molecular flexibility index (Phi) is 7.80. The molecule has 152 valence electrons. The molecule has 0 bridgehead atoms. The molecule has 0 radical (unpaired) electrons. The summed E-state index contributed by atoms with van der Waals surface area (Å²) < 4.78 is 10.3. The zero-order valence-corrected chi connectivity index (χ0v) is 16.5. The second-order valence-electron chi connectivity index (χ2n) is 6.38. The molecule has 2 rings (SSSR count). The molecule has 2 atom stereocenters. The Morgan fingerprint density at radius 3 is 2.46 bits per heavy atom. The average molecular weight is 410 g/mol. The second-order valence-corrected chi connectivity index (χ2v) is 7.86. The fourth-order valence-electron chi connectivity index (χ4n) is 2.97. The lowest BCUT2D eigenvalue weighted by Crippen LogP contribution is -2.37. The summed E-state index contributed by atoms with van der Waals surface area (Å²) >= 11 is 1.19. The average Bonchev–Trinajstić information content (AvgIpc) is 3.01. The number of amides is 1. The summed E-state index contributed by atoms with van der Waals surface area (Å²) in [6.45, 7) is 3.33. The van der Waals surface area contributed by atoms with Gasteiger partial charge in [0.2, 0.25) is 0 Å². The van der Waals surface area contributed by atoms with E-state index in [0.29, 0.717) is 24.9 Å². The molecule has 9 nitrogen and oxygen atoms in total. The molecule has 1 fully saturated rings. The molecule has 0 spiro atoms. The lowest BCUT2D eigenvalue weighted by atomic mass is 10.1. The lowest BCUT2D eigenvalue weighted by Gasteiger charge is -2.23. The van der Waals surface area contributed by atoms with Crippen molar-refractivity contribution in [2.75, 3.05) is 13.2 Å². The van der Waals surface area contributed by atoms with Crippen LogP contribution in [-0.2, 0) is 25.7 Å². The van der Waals surface area contributed by atoms with Gasteiger partial charge in [-0.25, -0.2) is 4.79 Å². The SMILES string of the molecule is CC(=O)OCC[C@@H]1C[C@H](SC(C)=O)CN1C(=O)OCc1ccc([N+](=O)[O-])cc1. The van der Waals surface area contributed by atoms with E-state index in [4.69, 9.17) is 9.47 Å². The Morgan fingerprint density at radius 2 is 1.89 bits per heavy atom. The van der Waals surface area contributed by atoms with Crippen molar-refractivity contribution in [2.45, 2.75) is 44.6 Å². The van der Waals surface area contributed by atoms with Gasteiger partial charge in [0.05, 0.1) is 11.5 Å². The van der Waals surface area contributed by atoms with E-state index in [1.54, 1.807) is 4.90 Å². The molecule has 1 aromatic rings. The zero-order valence-electron chi connectivity index (χ0n) is 15.7. The standard InChI is InChI=1S/C18H22N2O7S/c1-12(21)26-8-7-16-9-17(28-13(2)22)10-19(16)18(23)27-11-14-3-5-15(6-4-14)20(24)25/h3-6,16-17H,7-11H2,1-2H3/t16-,17+/m1/s1. The largest absolute Gasteiger partial charge is 0.466 e. The molecule has 1 heterocycles. The normalized spacial score (nSPS) is 18.6. The summed E-state index contributed by atoms with van der Waals surface area (Å²) in [4.78, 5) is 46.6. The van der Waals surface area contributed by atoms with Crippen LogP contribution in [0.4, 0.5) is 10.5 Å². The number of rotatable bonds is 7. The molecule has 0 N–H and O–H groups in total. The first kappa shape index (κ1) is 21.7. The van der Waals surface area contributed by atoms with Gasteiger partial charge in [-0.3, -0.25) is 19.7 Å². The number of nitro benzene ring substituents is 1. The first-order valence-corrected chi connectivity index (χ1v) is 9.61. The Balaban J connectivity index is 1.95. The summed E-state index contributed by atoms with van der Waals surface area (Å²) in [6.07, 6.45) is 0.539. The van der Waals surface area contributed by atoms with E-state index in [1.165, 1.54) is 49.9 Å². The van der Waals surface area contributed by atoms with Gasteiger partial charge >= 0.3 is 12.1 Å². The topological polar surface area (TPSA) is 116 Å². The lowest BCUT2D eigenvalue weighted by molar-refractivity contribution is -0.384. The minimum atomic E-state index is -0.530. The summed E-state index contributed by atoms with van der Waals surface area (Å²) in [5.41, 5.74) is 0.591. The van der Waals surface area contributed by atoms with Gasteiger partial charge in [-0.15, -0.1) is 0 Å². The number of thioether (sulfide) groups is 1. The molecule has 0 aromatic heterocycles. The van der Waals surface area contributed by atoms with E-state index in [9.17, 15) is 24.5 Å². The van der Waals surface area contributed by atoms with Crippen LogP contribution in [0.1, 0.15) is 32.3 Å². The monoisotopic (exact) mass is 410 g/mol. The van der Waals surface area contributed by atoms with Crippen molar-refractivity contribution in [1.82, 2.24) is 4.90 Å². The van der Waals surface area contributed by atoms with Gasteiger partial charge in [0.25, 0.3) is 5.69 Å². The highest BCUT2D eigenvalue weighted by Gasteiger charge is 2.37. The van der Waals surface area contributed by atoms with E-state index in [-0.39, 0.29) is 41.3 Å². The Labute approximate surface area is 166 Å². The highest BCUT2D eigenvalue weighted by atomic mass is 32.2. The fraction of sp³-hybridized carbons (Fsp3) is 0.500. The van der Waals surface area contributed by atoms with E-state index in [1.807, 2.05) is 0 Å². The van der Waals surface area contributed by atoms with Crippen molar-refractivity contribution < 1.29 is 28.8 Å². The smallest absolute Gasteiger partial charge is 0.410 e. The number of carbonyl (C=O) groups excluding carboxylic acids is 3. The maximum absolute atomic E-state index is 12.5. The number of nitrogens with zero attached hydrogens (tertiary/aromatic N) is 2. The van der Waals surface area contributed by atoms with Crippen molar-refractivity contribution in [3.63, 3.8) is 0 Å². The third kappa shape index (κ3) is 6.52. The number of carbonyl (C=O) groups is 3. The van der Waals surface area contributed by atoms with Gasteiger partial charge in [0.1, 0.15) is 6.61 Å². The highest BCUT2D eigenvalue weighted by Crippen LogP contribution is 2.30. The van der Waals surface area contributed by atoms with Crippen molar-refractivity contribution in [3.8, 4) is 0 Å². The quantitative estimate of drug-likeness (QED) is 0.383. The number of non-ortho nitro benzene ring substituents is 1. The van der Waals surface area contributed by atoms with Crippen LogP contribution >= 0.6 is 11.8 Å². The third-order valence-corrected chi connectivity index (χ3v) is 5.22. The molecule has 1 aliphatic heterocycles. The summed E-state index contributed by atoms with van der Waals surface area (Å²) in [5.74, 6) is -0.389. The van der Waals surface area contributed by atoms with Crippen LogP contribution in [-0.4, -0.2) is 51.4 Å². The van der Waals surface area contributed by atoms with Gasteiger partial charge in [0.15, 0.2) is 5.12 Å². The molecule has 1 aliphatic rings. The molecule has 1 amide bonds. The minimum Gasteiger partial charge on any atom is -0.466 e. The van der Waals surface area contributed by atoms with Crippen LogP contribution in [0.3, 0.4) is 0 Å². The molecule has 10 heteroatoms. The van der Waals surface area contributed by atoms with Crippen molar-refractivity contribution in [1.29, 1.82) is 0 Å². The van der Waals surface area contributed by atoms with Crippen LogP contribution in [0.25, 0.3) is 0 Å². The van der Waals surface area contributed by atoms with Crippen molar-refractivity contribution in [2.24, 2.45) is 0 Å². The van der Waals surface area contributed by atoms with Gasteiger partial charge in [-0.2, -0.15) is 0 Å². The Bertz CT molecular complexity index is 738. The molecule has 0 aliphatic carbocycles. The van der Waals surface area contributed by atoms with E-state index in [2.05, 4.69) is 0 Å². The minimum absolute atomic E-state index is 0.0193. The molecular weight excluding hydrogens is 388 g/mol. The first-order valence-electron chi connectivity index (χ1n) is 8.73. The molecule has 0 unspecified atom stereocenters. The summed E-state index contributed by atoms with van der Waals surface area (Å²) in [5, 5.41) is 10.6. The van der Waals surface area contributed by atoms with Gasteiger partial charge in [0, 0.05) is 50.2 Å². The highest BCUT2D eigenvalue weighted by molar-refractivity contribution is 8.14. The summed E-state index contributed by atoms with van der Waals surface area (Å²) in [7, 11) is 0. The van der Waals surface area contributed by atoms with Gasteiger partial charge in [-0.05, 0) is 24.1 Å². The first-order chi connectivity index (χ1) is 13.3. The van der Waals surface area contributed by atoms with Crippen LogP contribution in [0.15, 0.2) is 24.3 Å². The maximum Gasteiger partial charge on any atom is 0.410 e. The van der Waals surface area contributed by atoms with Crippen LogP contribution in [0.5, 0.6) is 0 Å². The van der Waals surface area contributed by atoms with E-state index >= 15 is 0 Å². The predicted octanol–water partition coefficient (Wildman–Crippen LogP) is 2.91. The molecule has 1 saturated heterocycles. The zero-order chi connectivity index (χ0) is 20.7. The number of nitro groups is 1. The van der Waals surface area contributed by atoms with E-state index < -0.39 is 11.0 Å². The van der Waals surface area contributed by atoms with Crippen LogP contribution in [0.2, 0.25) is 0 Å². The van der Waals surface area contributed by atoms with Crippen molar-refractivity contribution >= 4 is 34.6 Å². The number of likely N-dealkylation sites (tertiary alicyclic amines) is 1. The van der Waals surface area contributed by atoms with E-state index in [0.717, 1.165) is 0 Å². The van der Waals surface area contributed by atoms with Crippen LogP contribution in [0, 0.1) is 10.1 Å². The Hall–Kier alpha value is -2.62. The maximum atomic E-state index is 12.5.